The average molecular weight is 440 g/mol. The maximum atomic E-state index is 5.70. The molecular formula is C31H37NO. The predicted octanol–water partition coefficient (Wildman–Crippen LogP) is 6.67. The number of ether oxygens (including phenoxy) is 1. The van der Waals surface area contributed by atoms with E-state index in [1.54, 1.807) is 0 Å². The van der Waals surface area contributed by atoms with Crippen molar-refractivity contribution >= 4 is 5.69 Å². The van der Waals surface area contributed by atoms with E-state index in [-0.39, 0.29) is 0 Å². The molecule has 0 N–H and O–H groups in total. The number of para-hydroxylation sites is 1. The van der Waals surface area contributed by atoms with Gasteiger partial charge in [-0.15, -0.1) is 11.8 Å². The molecule has 2 unspecified atom stereocenters. The summed E-state index contributed by atoms with van der Waals surface area (Å²) in [5, 5.41) is 0. The zero-order valence-corrected chi connectivity index (χ0v) is 20.6. The molecule has 0 aromatic heterocycles. The van der Waals surface area contributed by atoms with Crippen molar-refractivity contribution in [1.29, 1.82) is 0 Å². The van der Waals surface area contributed by atoms with E-state index in [2.05, 4.69) is 105 Å². The van der Waals surface area contributed by atoms with Gasteiger partial charge in [-0.05, 0) is 82.1 Å². The fraction of sp³-hybridized carbons (Fsp3) is 0.484. The van der Waals surface area contributed by atoms with E-state index in [9.17, 15) is 0 Å². The first-order valence-corrected chi connectivity index (χ1v) is 12.6. The highest BCUT2D eigenvalue weighted by molar-refractivity contribution is 5.64. The molecule has 2 atom stereocenters. The molecular weight excluding hydrogens is 402 g/mol. The van der Waals surface area contributed by atoms with E-state index in [0.717, 1.165) is 54.9 Å². The van der Waals surface area contributed by atoms with Gasteiger partial charge in [-0.2, -0.15) is 0 Å². The normalized spacial score (nSPS) is 22.4. The van der Waals surface area contributed by atoms with Crippen LogP contribution < -0.4 is 4.90 Å². The van der Waals surface area contributed by atoms with Crippen LogP contribution in [0.25, 0.3) is 0 Å². The van der Waals surface area contributed by atoms with Crippen LogP contribution in [0.3, 0.4) is 0 Å². The molecule has 2 aromatic rings. The summed E-state index contributed by atoms with van der Waals surface area (Å²) in [7, 11) is 0. The molecule has 0 radical (unpaired) electrons. The molecule has 5 rings (SSSR count). The quantitative estimate of drug-likeness (QED) is 0.494. The first kappa shape index (κ1) is 23.5. The van der Waals surface area contributed by atoms with Crippen LogP contribution in [-0.2, 0) is 11.3 Å². The Labute approximate surface area is 200 Å². The lowest BCUT2D eigenvalue weighted by molar-refractivity contribution is 0.0656. The van der Waals surface area contributed by atoms with Gasteiger partial charge in [0.15, 0.2) is 0 Å². The van der Waals surface area contributed by atoms with Crippen LogP contribution >= 0.6 is 0 Å². The molecule has 0 saturated heterocycles. The van der Waals surface area contributed by atoms with Crippen molar-refractivity contribution in [3.05, 3.63) is 65.2 Å². The average Bonchev–Trinajstić information content (AvgIpc) is 3.43. The van der Waals surface area contributed by atoms with Crippen LogP contribution in [0, 0.1) is 41.4 Å². The van der Waals surface area contributed by atoms with E-state index in [0.29, 0.717) is 12.1 Å². The highest BCUT2D eigenvalue weighted by Gasteiger charge is 2.48. The summed E-state index contributed by atoms with van der Waals surface area (Å²) in [5.74, 6) is 15.8. The third-order valence-corrected chi connectivity index (χ3v) is 6.99. The number of anilines is 1. The molecule has 0 spiro atoms. The van der Waals surface area contributed by atoms with E-state index in [1.165, 1.54) is 24.1 Å². The molecule has 2 aromatic carbocycles. The standard InChI is InChI=1S/C18H17N.C13H20O/c1-14(2)19-13-17-9-4-3-7-15(17)11-12-16-8-5-6-10-18(16)19;1-10(2)14-9-13-11-7-5-3-4-6-8-12(11)13/h3-10,14H,13H2,1-2H3;10-13H,5-9H2,1-2H3. The van der Waals surface area contributed by atoms with Crippen molar-refractivity contribution in [2.75, 3.05) is 11.5 Å². The fourth-order valence-corrected chi connectivity index (χ4v) is 5.06. The number of hydrogen-bond acceptors (Lipinski definition) is 2. The van der Waals surface area contributed by atoms with Crippen LogP contribution in [0.2, 0.25) is 0 Å². The summed E-state index contributed by atoms with van der Waals surface area (Å²) >= 11 is 0. The van der Waals surface area contributed by atoms with Crippen LogP contribution in [0.15, 0.2) is 48.5 Å². The second-order valence-electron chi connectivity index (χ2n) is 9.95. The van der Waals surface area contributed by atoms with Gasteiger partial charge in [0.25, 0.3) is 0 Å². The van der Waals surface area contributed by atoms with Crippen molar-refractivity contribution in [2.24, 2.45) is 17.8 Å². The summed E-state index contributed by atoms with van der Waals surface area (Å²) in [6.07, 6.45) is 5.23. The first-order chi connectivity index (χ1) is 16.0. The van der Waals surface area contributed by atoms with E-state index >= 15 is 0 Å². The summed E-state index contributed by atoms with van der Waals surface area (Å²) in [5.41, 5.74) is 4.80. The topological polar surface area (TPSA) is 12.5 Å². The van der Waals surface area contributed by atoms with Gasteiger partial charge in [0, 0.05) is 36.6 Å². The van der Waals surface area contributed by atoms with Gasteiger partial charge in [0.05, 0.1) is 18.4 Å². The highest BCUT2D eigenvalue weighted by atomic mass is 16.5. The number of fused-ring (bicyclic) bond motifs is 3. The molecule has 172 valence electrons. The zero-order chi connectivity index (χ0) is 23.2. The molecule has 2 heteroatoms. The molecule has 2 nitrogen and oxygen atoms in total. The maximum absolute atomic E-state index is 5.70. The Balaban J connectivity index is 0.000000165. The molecule has 1 saturated carbocycles. The predicted molar refractivity (Wildman–Crippen MR) is 138 cm³/mol. The van der Waals surface area contributed by atoms with Crippen LogP contribution in [-0.4, -0.2) is 18.8 Å². The zero-order valence-electron chi connectivity index (χ0n) is 20.6. The van der Waals surface area contributed by atoms with Crippen molar-refractivity contribution in [3.8, 4) is 23.7 Å². The maximum Gasteiger partial charge on any atom is 0.0530 e. The number of nitrogens with zero attached hydrogens (tertiary/aromatic N) is 1. The Morgan fingerprint density at radius 1 is 0.848 bits per heavy atom. The lowest BCUT2D eigenvalue weighted by Gasteiger charge is -2.31. The van der Waals surface area contributed by atoms with Gasteiger partial charge >= 0.3 is 0 Å². The fourth-order valence-electron chi connectivity index (χ4n) is 5.06. The molecule has 0 bridgehead atoms. The minimum Gasteiger partial charge on any atom is -0.378 e. The number of rotatable bonds is 4. The van der Waals surface area contributed by atoms with E-state index < -0.39 is 0 Å². The Hall–Kier alpha value is -2.68. The van der Waals surface area contributed by atoms with Crippen molar-refractivity contribution in [3.63, 3.8) is 0 Å². The van der Waals surface area contributed by atoms with Crippen molar-refractivity contribution < 1.29 is 4.74 Å². The van der Waals surface area contributed by atoms with Gasteiger partial charge < -0.3 is 9.64 Å². The van der Waals surface area contributed by atoms with Crippen LogP contribution in [0.1, 0.15) is 70.1 Å². The third kappa shape index (κ3) is 6.01. The summed E-state index contributed by atoms with van der Waals surface area (Å²) in [4.78, 5) is 2.42. The molecule has 0 amide bonds. The summed E-state index contributed by atoms with van der Waals surface area (Å²) < 4.78 is 5.70. The minimum absolute atomic E-state index is 0.387. The number of benzene rings is 2. The molecule has 3 aliphatic rings. The van der Waals surface area contributed by atoms with E-state index in [4.69, 9.17) is 4.74 Å². The highest BCUT2D eigenvalue weighted by Crippen LogP contribution is 2.52. The van der Waals surface area contributed by atoms with E-state index in [1.807, 2.05) is 0 Å². The van der Waals surface area contributed by atoms with Crippen molar-refractivity contribution in [1.82, 2.24) is 0 Å². The largest absolute Gasteiger partial charge is 0.378 e. The molecule has 1 fully saturated rings. The SMILES string of the molecule is CC(C)N1Cc2ccccc2C#Cc2ccccc21.CC(C)OCC1C2CCC#CCCC21. The van der Waals surface area contributed by atoms with Gasteiger partial charge in [-0.1, -0.05) is 42.2 Å². The van der Waals surface area contributed by atoms with Gasteiger partial charge in [0.2, 0.25) is 0 Å². The Bertz CT molecular complexity index is 1040. The smallest absolute Gasteiger partial charge is 0.0530 e. The third-order valence-electron chi connectivity index (χ3n) is 6.99. The minimum atomic E-state index is 0.387. The van der Waals surface area contributed by atoms with Gasteiger partial charge in [-0.25, -0.2) is 0 Å². The second-order valence-corrected chi connectivity index (χ2v) is 9.95. The lowest BCUT2D eigenvalue weighted by atomic mass is 10.0. The number of hydrogen-bond donors (Lipinski definition) is 0. The van der Waals surface area contributed by atoms with Gasteiger partial charge in [-0.3, -0.25) is 0 Å². The Morgan fingerprint density at radius 3 is 2.12 bits per heavy atom. The van der Waals surface area contributed by atoms with Crippen LogP contribution in [0.4, 0.5) is 5.69 Å². The lowest BCUT2D eigenvalue weighted by Crippen LogP contribution is -2.31. The Morgan fingerprint density at radius 2 is 1.45 bits per heavy atom. The molecule has 2 aliphatic carbocycles. The Kier molecular flexibility index (Phi) is 7.80. The first-order valence-electron chi connectivity index (χ1n) is 12.6. The molecule has 1 aliphatic heterocycles. The van der Waals surface area contributed by atoms with Crippen LogP contribution in [0.5, 0.6) is 0 Å². The van der Waals surface area contributed by atoms with Crippen molar-refractivity contribution in [2.45, 2.75) is 72.1 Å². The molecule has 1 heterocycles. The van der Waals surface area contributed by atoms with Gasteiger partial charge in [0.1, 0.15) is 0 Å². The summed E-state index contributed by atoms with van der Waals surface area (Å²) in [6.45, 7) is 10.6. The summed E-state index contributed by atoms with van der Waals surface area (Å²) in [6, 6.07) is 17.3. The second kappa shape index (κ2) is 11.0. The monoisotopic (exact) mass is 439 g/mol. The molecule has 33 heavy (non-hydrogen) atoms.